The van der Waals surface area contributed by atoms with Gasteiger partial charge in [0.1, 0.15) is 11.6 Å². The quantitative estimate of drug-likeness (QED) is 0.814. The van der Waals surface area contributed by atoms with Crippen molar-refractivity contribution in [2.45, 2.75) is 31.7 Å². The first kappa shape index (κ1) is 10.6. The summed E-state index contributed by atoms with van der Waals surface area (Å²) >= 11 is 0. The summed E-state index contributed by atoms with van der Waals surface area (Å²) in [6, 6.07) is 4.07. The van der Waals surface area contributed by atoms with Gasteiger partial charge >= 0.3 is 0 Å². The zero-order chi connectivity index (χ0) is 10.8. The predicted octanol–water partition coefficient (Wildman–Crippen LogP) is 2.63. The highest BCUT2D eigenvalue weighted by molar-refractivity contribution is 5.19. The van der Waals surface area contributed by atoms with Crippen molar-refractivity contribution in [3.63, 3.8) is 0 Å². The third-order valence-electron chi connectivity index (χ3n) is 3.02. The maximum atomic E-state index is 13.2. The Balaban J connectivity index is 1.97. The van der Waals surface area contributed by atoms with Crippen LogP contribution in [0.4, 0.5) is 8.78 Å². The van der Waals surface area contributed by atoms with Gasteiger partial charge in [-0.05, 0) is 43.7 Å². The monoisotopic (exact) mass is 211 g/mol. The highest BCUT2D eigenvalue weighted by atomic mass is 19.1. The fourth-order valence-corrected chi connectivity index (χ4v) is 1.84. The molecular formula is C12H15F2N. The maximum Gasteiger partial charge on any atom is 0.129 e. The van der Waals surface area contributed by atoms with E-state index in [1.54, 1.807) is 0 Å². The topological polar surface area (TPSA) is 26.0 Å². The fourth-order valence-electron chi connectivity index (χ4n) is 1.84. The molecule has 0 spiro atoms. The van der Waals surface area contributed by atoms with Gasteiger partial charge in [0.25, 0.3) is 0 Å². The summed E-state index contributed by atoms with van der Waals surface area (Å²) in [5, 5.41) is 0. The summed E-state index contributed by atoms with van der Waals surface area (Å²) in [4.78, 5) is 0. The molecule has 0 amide bonds. The van der Waals surface area contributed by atoms with Gasteiger partial charge < -0.3 is 5.73 Å². The molecule has 1 aliphatic rings. The van der Waals surface area contributed by atoms with Crippen LogP contribution in [0.25, 0.3) is 0 Å². The largest absolute Gasteiger partial charge is 0.327 e. The van der Waals surface area contributed by atoms with Crippen LogP contribution in [0.15, 0.2) is 18.2 Å². The van der Waals surface area contributed by atoms with E-state index in [9.17, 15) is 8.78 Å². The molecule has 1 aliphatic carbocycles. The lowest BCUT2D eigenvalue weighted by atomic mass is 10.0. The number of benzene rings is 1. The van der Waals surface area contributed by atoms with E-state index < -0.39 is 11.6 Å². The molecule has 0 bridgehead atoms. The fraction of sp³-hybridized carbons (Fsp3) is 0.500. The van der Waals surface area contributed by atoms with E-state index in [-0.39, 0.29) is 11.6 Å². The number of hydrogen-bond acceptors (Lipinski definition) is 1. The third kappa shape index (κ3) is 2.53. The van der Waals surface area contributed by atoms with Crippen molar-refractivity contribution < 1.29 is 8.78 Å². The molecule has 1 fully saturated rings. The van der Waals surface area contributed by atoms with Crippen molar-refractivity contribution in [2.75, 3.05) is 0 Å². The first-order chi connectivity index (χ1) is 7.18. The molecule has 0 saturated heterocycles. The summed E-state index contributed by atoms with van der Waals surface area (Å²) in [5.41, 5.74) is 6.06. The van der Waals surface area contributed by atoms with Crippen LogP contribution >= 0.6 is 0 Å². The first-order valence-electron chi connectivity index (χ1n) is 5.37. The molecule has 1 aromatic rings. The second kappa shape index (κ2) is 4.27. The minimum atomic E-state index is -0.460. The Hall–Kier alpha value is -0.960. The van der Waals surface area contributed by atoms with Crippen molar-refractivity contribution in [3.05, 3.63) is 35.4 Å². The van der Waals surface area contributed by atoms with Crippen molar-refractivity contribution in [3.8, 4) is 0 Å². The van der Waals surface area contributed by atoms with E-state index in [2.05, 4.69) is 0 Å². The van der Waals surface area contributed by atoms with Gasteiger partial charge in [0.15, 0.2) is 0 Å². The molecule has 1 saturated carbocycles. The van der Waals surface area contributed by atoms with Crippen LogP contribution in [0.3, 0.4) is 0 Å². The second-order valence-corrected chi connectivity index (χ2v) is 4.24. The van der Waals surface area contributed by atoms with Crippen LogP contribution in [-0.2, 0) is 6.42 Å². The normalized spacial score (nSPS) is 17.8. The van der Waals surface area contributed by atoms with Crippen LogP contribution < -0.4 is 5.73 Å². The van der Waals surface area contributed by atoms with Gasteiger partial charge in [-0.2, -0.15) is 0 Å². The van der Waals surface area contributed by atoms with Gasteiger partial charge in [-0.1, -0.05) is 6.07 Å². The van der Waals surface area contributed by atoms with E-state index in [1.807, 2.05) is 0 Å². The lowest BCUT2D eigenvalue weighted by molar-refractivity contribution is 0.511. The minimum absolute atomic E-state index is 0.101. The van der Waals surface area contributed by atoms with Crippen molar-refractivity contribution in [1.82, 2.24) is 0 Å². The van der Waals surface area contributed by atoms with Crippen LogP contribution in [0, 0.1) is 17.6 Å². The zero-order valence-corrected chi connectivity index (χ0v) is 8.55. The Kier molecular flexibility index (Phi) is 3.00. The number of rotatable bonds is 4. The molecule has 1 nitrogen and oxygen atoms in total. The molecule has 0 radical (unpaired) electrons. The van der Waals surface area contributed by atoms with Gasteiger partial charge in [-0.25, -0.2) is 8.78 Å². The highest BCUT2D eigenvalue weighted by Crippen LogP contribution is 2.33. The predicted molar refractivity (Wildman–Crippen MR) is 55.4 cm³/mol. The number of halogens is 2. The second-order valence-electron chi connectivity index (χ2n) is 4.24. The van der Waals surface area contributed by atoms with Gasteiger partial charge in [0.2, 0.25) is 0 Å². The van der Waals surface area contributed by atoms with Crippen LogP contribution in [0.1, 0.15) is 24.8 Å². The van der Waals surface area contributed by atoms with Crippen molar-refractivity contribution in [1.29, 1.82) is 0 Å². The van der Waals surface area contributed by atoms with Gasteiger partial charge in [0, 0.05) is 11.6 Å². The summed E-state index contributed by atoms with van der Waals surface area (Å²) < 4.78 is 26.5. The van der Waals surface area contributed by atoms with Crippen LogP contribution in [-0.4, -0.2) is 6.04 Å². The Morgan fingerprint density at radius 1 is 1.27 bits per heavy atom. The van der Waals surface area contributed by atoms with Crippen molar-refractivity contribution >= 4 is 0 Å². The molecule has 2 N–H and O–H groups in total. The van der Waals surface area contributed by atoms with Crippen LogP contribution in [0.5, 0.6) is 0 Å². The Morgan fingerprint density at radius 3 is 2.40 bits per heavy atom. The molecule has 1 unspecified atom stereocenters. The van der Waals surface area contributed by atoms with E-state index in [1.165, 1.54) is 31.0 Å². The minimum Gasteiger partial charge on any atom is -0.327 e. The average molecular weight is 211 g/mol. The molecule has 0 aliphatic heterocycles. The highest BCUT2D eigenvalue weighted by Gasteiger charge is 2.28. The van der Waals surface area contributed by atoms with Crippen LogP contribution in [0.2, 0.25) is 0 Å². The van der Waals surface area contributed by atoms with Gasteiger partial charge in [-0.3, -0.25) is 0 Å². The third-order valence-corrected chi connectivity index (χ3v) is 3.02. The smallest absolute Gasteiger partial charge is 0.129 e. The summed E-state index contributed by atoms with van der Waals surface area (Å²) in [7, 11) is 0. The summed E-state index contributed by atoms with van der Waals surface area (Å²) in [6.45, 7) is 0. The molecule has 3 heteroatoms. The van der Waals surface area contributed by atoms with E-state index >= 15 is 0 Å². The van der Waals surface area contributed by atoms with E-state index in [0.717, 1.165) is 0 Å². The molecule has 82 valence electrons. The molecule has 1 aromatic carbocycles. The zero-order valence-electron chi connectivity index (χ0n) is 8.55. The molecule has 15 heavy (non-hydrogen) atoms. The summed E-state index contributed by atoms with van der Waals surface area (Å²) in [6.07, 6.45) is 3.40. The Bertz CT molecular complexity index is 327. The maximum absolute atomic E-state index is 13.2. The Labute approximate surface area is 88.3 Å². The molecular weight excluding hydrogens is 196 g/mol. The van der Waals surface area contributed by atoms with E-state index in [0.29, 0.717) is 18.8 Å². The number of nitrogens with two attached hydrogens (primary N) is 1. The lowest BCUT2D eigenvalue weighted by Gasteiger charge is -2.10. The van der Waals surface area contributed by atoms with Gasteiger partial charge in [-0.15, -0.1) is 0 Å². The molecule has 0 aromatic heterocycles. The molecule has 0 heterocycles. The lowest BCUT2D eigenvalue weighted by Crippen LogP contribution is -2.23. The standard InChI is InChI=1S/C12H15F2N/c13-10-2-1-3-11(14)9(10)6-7-12(15)8-4-5-8/h1-3,8,12H,4-7,15H2. The first-order valence-corrected chi connectivity index (χ1v) is 5.37. The Morgan fingerprint density at radius 2 is 1.87 bits per heavy atom. The van der Waals surface area contributed by atoms with Crippen molar-refractivity contribution in [2.24, 2.45) is 11.7 Å². The molecule has 1 atom stereocenters. The SMILES string of the molecule is NC(CCc1c(F)cccc1F)C1CC1. The van der Waals surface area contributed by atoms with Gasteiger partial charge in [0.05, 0.1) is 0 Å². The average Bonchev–Trinajstić information content (AvgIpc) is 2.99. The molecule has 2 rings (SSSR count). The summed E-state index contributed by atoms with van der Waals surface area (Å²) in [5.74, 6) is -0.337. The van der Waals surface area contributed by atoms with E-state index in [4.69, 9.17) is 5.73 Å². The number of hydrogen-bond donors (Lipinski definition) is 1.